The van der Waals surface area contributed by atoms with Crippen molar-refractivity contribution in [1.29, 1.82) is 0 Å². The lowest BCUT2D eigenvalue weighted by Crippen LogP contribution is -2.70. The van der Waals surface area contributed by atoms with Crippen LogP contribution in [0.25, 0.3) is 15.6 Å². The van der Waals surface area contributed by atoms with Gasteiger partial charge in [0.25, 0.3) is 5.71 Å². The lowest BCUT2D eigenvalue weighted by atomic mass is 9.31. The van der Waals surface area contributed by atoms with E-state index in [9.17, 15) is 5.53 Å². The van der Waals surface area contributed by atoms with E-state index in [0.29, 0.717) is 25.2 Å². The number of nitrogens with zero attached hydrogens (tertiary/aromatic N) is 2. The first-order chi connectivity index (χ1) is 14.7. The second-order valence-corrected chi connectivity index (χ2v) is 12.3. The van der Waals surface area contributed by atoms with Crippen molar-refractivity contribution in [1.82, 2.24) is 0 Å². The maximum atomic E-state index is 15.6. The van der Waals surface area contributed by atoms with Crippen molar-refractivity contribution in [3.05, 3.63) is 40.7 Å². The quantitative estimate of drug-likeness (QED) is 0.420. The van der Waals surface area contributed by atoms with Gasteiger partial charge in [-0.2, -0.15) is 4.79 Å². The van der Waals surface area contributed by atoms with Crippen molar-refractivity contribution in [3.63, 3.8) is 0 Å². The van der Waals surface area contributed by atoms with Gasteiger partial charge in [0, 0.05) is 16.2 Å². The van der Waals surface area contributed by atoms with E-state index in [1.165, 1.54) is 15.6 Å². The third-order valence-electron chi connectivity index (χ3n) is 9.71. The highest BCUT2D eigenvalue weighted by Gasteiger charge is 2.73. The smallest absolute Gasteiger partial charge is 0.275 e. The maximum Gasteiger partial charge on any atom is 0.275 e. The van der Waals surface area contributed by atoms with E-state index in [4.69, 9.17) is 5.73 Å². The molecule has 4 aliphatic rings. The van der Waals surface area contributed by atoms with E-state index < -0.39 is 5.67 Å². The van der Waals surface area contributed by atoms with Crippen LogP contribution in [0.1, 0.15) is 77.7 Å². The SMILES string of the molecule is CC1(CCC2(F)CCC(N)CC2)C(=[N+]=[N-])CC2(c3cccc4sccc34)CC1C2(C)C. The van der Waals surface area contributed by atoms with Crippen LogP contribution in [-0.4, -0.2) is 22.2 Å². The van der Waals surface area contributed by atoms with Crippen LogP contribution < -0.4 is 5.73 Å². The minimum atomic E-state index is -1.12. The molecule has 1 heterocycles. The molecule has 0 spiro atoms. The molecule has 4 saturated carbocycles. The fraction of sp³-hybridized carbons (Fsp3) is 0.654. The number of benzene rings is 1. The minimum absolute atomic E-state index is 0.0235. The Hall–Kier alpha value is -1.55. The molecule has 0 radical (unpaired) electrons. The van der Waals surface area contributed by atoms with Gasteiger partial charge in [0.1, 0.15) is 5.67 Å². The van der Waals surface area contributed by atoms with Crippen LogP contribution >= 0.6 is 11.3 Å². The highest BCUT2D eigenvalue weighted by Crippen LogP contribution is 2.73. The summed E-state index contributed by atoms with van der Waals surface area (Å²) in [5.74, 6) is 0.378. The predicted octanol–water partition coefficient (Wildman–Crippen LogP) is 6.66. The van der Waals surface area contributed by atoms with Crippen molar-refractivity contribution >= 4 is 27.1 Å². The summed E-state index contributed by atoms with van der Waals surface area (Å²) in [5, 5.41) is 3.50. The van der Waals surface area contributed by atoms with Crippen molar-refractivity contribution < 1.29 is 9.18 Å². The van der Waals surface area contributed by atoms with E-state index in [0.717, 1.165) is 37.8 Å². The first-order valence-electron chi connectivity index (χ1n) is 11.8. The van der Waals surface area contributed by atoms with Crippen molar-refractivity contribution in [3.8, 4) is 0 Å². The van der Waals surface area contributed by atoms with Crippen molar-refractivity contribution in [2.75, 3.05) is 0 Å². The van der Waals surface area contributed by atoms with Gasteiger partial charge in [-0.3, -0.25) is 0 Å². The summed E-state index contributed by atoms with van der Waals surface area (Å²) < 4.78 is 16.9. The van der Waals surface area contributed by atoms with Crippen molar-refractivity contribution in [2.24, 2.45) is 22.5 Å². The largest absolute Gasteiger partial charge is 0.362 e. The van der Waals surface area contributed by atoms with Crippen molar-refractivity contribution in [2.45, 2.75) is 89.3 Å². The topological polar surface area (TPSA) is 62.4 Å². The van der Waals surface area contributed by atoms with Gasteiger partial charge in [0.15, 0.2) is 0 Å². The molecular formula is C26H34FN3S. The molecule has 4 fully saturated rings. The van der Waals surface area contributed by atoms with Gasteiger partial charge < -0.3 is 11.3 Å². The molecule has 2 aromatic rings. The zero-order chi connectivity index (χ0) is 22.1. The Balaban J connectivity index is 1.46. The molecule has 3 nitrogen and oxygen atoms in total. The number of thiophene rings is 1. The summed E-state index contributed by atoms with van der Waals surface area (Å²) in [7, 11) is 0. The van der Waals surface area contributed by atoms with Gasteiger partial charge in [-0.15, -0.1) is 11.3 Å². The van der Waals surface area contributed by atoms with Crippen LogP contribution in [0.5, 0.6) is 0 Å². The lowest BCUT2D eigenvalue weighted by molar-refractivity contribution is -0.154. The average Bonchev–Trinajstić information content (AvgIpc) is 3.24. The fourth-order valence-electron chi connectivity index (χ4n) is 7.40. The Morgan fingerprint density at radius 1 is 1.16 bits per heavy atom. The van der Waals surface area contributed by atoms with Gasteiger partial charge in [0.2, 0.25) is 0 Å². The van der Waals surface area contributed by atoms with Gasteiger partial charge >= 0.3 is 0 Å². The Kier molecular flexibility index (Phi) is 4.79. The number of halogens is 1. The lowest BCUT2D eigenvalue weighted by Gasteiger charge is -2.70. The maximum absolute atomic E-state index is 15.6. The Labute approximate surface area is 188 Å². The number of rotatable bonds is 4. The molecule has 3 unspecified atom stereocenters. The third-order valence-corrected chi connectivity index (χ3v) is 10.6. The Morgan fingerprint density at radius 3 is 2.58 bits per heavy atom. The van der Waals surface area contributed by atoms with Gasteiger partial charge in [-0.25, -0.2) is 4.39 Å². The van der Waals surface area contributed by atoms with E-state index in [-0.39, 0.29) is 22.3 Å². The second kappa shape index (κ2) is 6.97. The molecule has 3 atom stereocenters. The summed E-state index contributed by atoms with van der Waals surface area (Å²) >= 11 is 1.78. The highest BCUT2D eigenvalue weighted by molar-refractivity contribution is 7.17. The van der Waals surface area contributed by atoms with E-state index in [1.54, 1.807) is 11.3 Å². The monoisotopic (exact) mass is 439 g/mol. The molecule has 0 aliphatic heterocycles. The molecule has 6 rings (SSSR count). The first kappa shape index (κ1) is 21.3. The summed E-state index contributed by atoms with van der Waals surface area (Å²) in [5.41, 5.74) is 17.0. The zero-order valence-corrected chi connectivity index (χ0v) is 19.8. The summed E-state index contributed by atoms with van der Waals surface area (Å²) in [6.45, 7) is 6.98. The standard InChI is InChI=1S/C26H34FN3S/c1-23(2)21-15-26(23,19-5-4-6-20-18(19)9-14-31-20)16-22(30-29)24(21,3)12-13-25(27)10-7-17(28)8-11-25/h4-6,9,14,17,21H,7-8,10-13,15-16,28H2,1-3H3. The normalized spacial score (nSPS) is 39.2. The summed E-state index contributed by atoms with van der Waals surface area (Å²) in [6, 6.07) is 9.00. The number of hydrogen-bond donors (Lipinski definition) is 1. The van der Waals surface area contributed by atoms with Gasteiger partial charge in [0.05, 0.1) is 11.8 Å². The number of alkyl halides is 1. The Bertz CT molecular complexity index is 1060. The molecule has 0 saturated heterocycles. The molecule has 0 amide bonds. The molecule has 1 aromatic heterocycles. The van der Waals surface area contributed by atoms with Crippen LogP contribution in [0.3, 0.4) is 0 Å². The zero-order valence-electron chi connectivity index (χ0n) is 19.0. The first-order valence-corrected chi connectivity index (χ1v) is 12.7. The molecule has 4 aliphatic carbocycles. The Morgan fingerprint density at radius 2 is 1.90 bits per heavy atom. The van der Waals surface area contributed by atoms with Crippen LogP contribution in [0.15, 0.2) is 29.6 Å². The van der Waals surface area contributed by atoms with Crippen LogP contribution in [0, 0.1) is 16.7 Å². The number of nitrogens with two attached hydrogens (primary N) is 1. The number of hydrogen-bond acceptors (Lipinski definition) is 2. The highest BCUT2D eigenvalue weighted by atomic mass is 32.1. The predicted molar refractivity (Wildman–Crippen MR) is 126 cm³/mol. The third kappa shape index (κ3) is 2.93. The molecule has 31 heavy (non-hydrogen) atoms. The molecular weight excluding hydrogens is 405 g/mol. The van der Waals surface area contributed by atoms with Gasteiger partial charge in [-0.05, 0) is 91.7 Å². The molecule has 2 bridgehead atoms. The fourth-order valence-corrected chi connectivity index (χ4v) is 8.22. The summed E-state index contributed by atoms with van der Waals surface area (Å²) in [6.07, 6.45) is 5.78. The molecule has 166 valence electrons. The molecule has 5 heteroatoms. The molecule has 2 N–H and O–H groups in total. The van der Waals surface area contributed by atoms with E-state index in [1.807, 2.05) is 0 Å². The van der Waals surface area contributed by atoms with E-state index >= 15 is 4.39 Å². The average molecular weight is 440 g/mol. The minimum Gasteiger partial charge on any atom is -0.362 e. The van der Waals surface area contributed by atoms with E-state index in [2.05, 4.69) is 55.2 Å². The van der Waals surface area contributed by atoms with Crippen LogP contribution in [0.4, 0.5) is 4.39 Å². The van der Waals surface area contributed by atoms with Crippen LogP contribution in [0.2, 0.25) is 0 Å². The second-order valence-electron chi connectivity index (χ2n) is 11.3. The number of fused-ring (bicyclic) bond motifs is 3. The molecule has 1 aromatic carbocycles. The summed E-state index contributed by atoms with van der Waals surface area (Å²) in [4.78, 5) is 3.86. The van der Waals surface area contributed by atoms with Crippen LogP contribution in [-0.2, 0) is 5.41 Å². The van der Waals surface area contributed by atoms with Gasteiger partial charge in [-0.1, -0.05) is 26.0 Å².